The van der Waals surface area contributed by atoms with Crippen LogP contribution < -0.4 is 5.32 Å². The number of aromatic nitrogens is 1. The molecular formula is C24H24N2O. The van der Waals surface area contributed by atoms with Crippen LogP contribution in [0.2, 0.25) is 0 Å². The molecule has 0 radical (unpaired) electrons. The molecule has 0 saturated carbocycles. The van der Waals surface area contributed by atoms with Crippen molar-refractivity contribution >= 4 is 27.7 Å². The summed E-state index contributed by atoms with van der Waals surface area (Å²) in [4.78, 5) is 12.6. The second-order valence-electron chi connectivity index (χ2n) is 6.84. The van der Waals surface area contributed by atoms with Crippen LogP contribution >= 0.6 is 0 Å². The topological polar surface area (TPSA) is 34.0 Å². The van der Waals surface area contributed by atoms with Gasteiger partial charge in [-0.25, -0.2) is 0 Å². The fourth-order valence-corrected chi connectivity index (χ4v) is 3.78. The Hall–Kier alpha value is -3.07. The normalized spacial score (nSPS) is 11.1. The lowest BCUT2D eigenvalue weighted by atomic mass is 10.1. The average molecular weight is 356 g/mol. The maximum atomic E-state index is 12.6. The van der Waals surface area contributed by atoms with Crippen LogP contribution in [0.3, 0.4) is 0 Å². The number of nitrogens with zero attached hydrogens (tertiary/aromatic N) is 1. The molecule has 4 rings (SSSR count). The molecule has 0 aliphatic carbocycles. The van der Waals surface area contributed by atoms with Crippen LogP contribution in [-0.2, 0) is 13.0 Å². The summed E-state index contributed by atoms with van der Waals surface area (Å²) in [6.07, 6.45) is 1.91. The largest absolute Gasteiger partial charge is 0.352 e. The van der Waals surface area contributed by atoms with Crippen molar-refractivity contribution in [2.75, 3.05) is 6.54 Å². The first-order chi connectivity index (χ1) is 13.3. The molecule has 3 aromatic carbocycles. The smallest absolute Gasteiger partial charge is 0.251 e. The molecule has 0 spiro atoms. The number of rotatable bonds is 6. The average Bonchev–Trinajstić information content (AvgIpc) is 3.05. The number of carbonyl (C=O) groups excluding carboxylic acids is 1. The second kappa shape index (κ2) is 7.67. The Morgan fingerprint density at radius 2 is 1.63 bits per heavy atom. The number of para-hydroxylation sites is 1. The molecule has 1 heterocycles. The molecule has 0 bridgehead atoms. The quantitative estimate of drug-likeness (QED) is 0.475. The van der Waals surface area contributed by atoms with Gasteiger partial charge in [0.25, 0.3) is 5.91 Å². The summed E-state index contributed by atoms with van der Waals surface area (Å²) in [5.41, 5.74) is 4.43. The molecule has 1 aromatic heterocycles. The SMILES string of the molecule is CCn1c2ccccc2c2cc(C(=O)NCCCc3ccccc3)ccc21. The summed E-state index contributed by atoms with van der Waals surface area (Å²) in [5.74, 6) is -0.00158. The maximum Gasteiger partial charge on any atom is 0.251 e. The fraction of sp³-hybridized carbons (Fsp3) is 0.208. The first kappa shape index (κ1) is 17.3. The molecule has 0 aliphatic rings. The summed E-state index contributed by atoms with van der Waals surface area (Å²) in [5, 5.41) is 5.40. The van der Waals surface area contributed by atoms with Gasteiger partial charge in [-0.3, -0.25) is 4.79 Å². The van der Waals surface area contributed by atoms with Crippen LogP contribution in [0.1, 0.15) is 29.3 Å². The van der Waals surface area contributed by atoms with Gasteiger partial charge in [0.15, 0.2) is 0 Å². The molecule has 3 heteroatoms. The van der Waals surface area contributed by atoms with Crippen LogP contribution in [0.5, 0.6) is 0 Å². The van der Waals surface area contributed by atoms with E-state index in [0.717, 1.165) is 30.3 Å². The first-order valence-electron chi connectivity index (χ1n) is 9.61. The van der Waals surface area contributed by atoms with E-state index < -0.39 is 0 Å². The molecule has 136 valence electrons. The molecule has 0 aliphatic heterocycles. The van der Waals surface area contributed by atoms with Crippen LogP contribution in [0, 0.1) is 0 Å². The van der Waals surface area contributed by atoms with E-state index >= 15 is 0 Å². The van der Waals surface area contributed by atoms with Crippen molar-refractivity contribution in [3.8, 4) is 0 Å². The molecule has 4 aromatic rings. The zero-order valence-electron chi connectivity index (χ0n) is 15.6. The minimum atomic E-state index is -0.00158. The first-order valence-corrected chi connectivity index (χ1v) is 9.61. The van der Waals surface area contributed by atoms with Crippen molar-refractivity contribution in [1.29, 1.82) is 0 Å². The number of hydrogen-bond donors (Lipinski definition) is 1. The Morgan fingerprint density at radius 1 is 0.889 bits per heavy atom. The highest BCUT2D eigenvalue weighted by molar-refractivity contribution is 6.10. The molecule has 0 atom stereocenters. The van der Waals surface area contributed by atoms with Gasteiger partial charge in [0.1, 0.15) is 0 Å². The maximum absolute atomic E-state index is 12.6. The van der Waals surface area contributed by atoms with Crippen molar-refractivity contribution in [3.63, 3.8) is 0 Å². The number of hydrogen-bond acceptors (Lipinski definition) is 1. The molecular weight excluding hydrogens is 332 g/mol. The van der Waals surface area contributed by atoms with Gasteiger partial charge in [0.2, 0.25) is 0 Å². The predicted octanol–water partition coefficient (Wildman–Crippen LogP) is 5.18. The number of benzene rings is 3. The zero-order valence-corrected chi connectivity index (χ0v) is 15.6. The Labute approximate surface area is 159 Å². The van der Waals surface area contributed by atoms with E-state index in [-0.39, 0.29) is 5.91 Å². The number of aryl methyl sites for hydroxylation is 2. The lowest BCUT2D eigenvalue weighted by Crippen LogP contribution is -2.24. The highest BCUT2D eigenvalue weighted by Gasteiger charge is 2.12. The molecule has 0 fully saturated rings. The van der Waals surface area contributed by atoms with Crippen LogP contribution in [0.15, 0.2) is 72.8 Å². The van der Waals surface area contributed by atoms with Crippen LogP contribution in [-0.4, -0.2) is 17.0 Å². The molecule has 0 saturated heterocycles. The summed E-state index contributed by atoms with van der Waals surface area (Å²) in [7, 11) is 0. The van der Waals surface area contributed by atoms with E-state index in [2.05, 4.69) is 71.4 Å². The summed E-state index contributed by atoms with van der Waals surface area (Å²) in [6, 6.07) is 24.8. The van der Waals surface area contributed by atoms with E-state index in [0.29, 0.717) is 6.54 Å². The van der Waals surface area contributed by atoms with Crippen LogP contribution in [0.25, 0.3) is 21.8 Å². The predicted molar refractivity (Wildman–Crippen MR) is 112 cm³/mol. The van der Waals surface area contributed by atoms with Gasteiger partial charge in [0, 0.05) is 40.5 Å². The van der Waals surface area contributed by atoms with Crippen molar-refractivity contribution < 1.29 is 4.79 Å². The number of fused-ring (bicyclic) bond motifs is 3. The lowest BCUT2D eigenvalue weighted by Gasteiger charge is -2.07. The minimum Gasteiger partial charge on any atom is -0.352 e. The van der Waals surface area contributed by atoms with Crippen molar-refractivity contribution in [2.24, 2.45) is 0 Å². The fourth-order valence-electron chi connectivity index (χ4n) is 3.78. The van der Waals surface area contributed by atoms with Crippen molar-refractivity contribution in [3.05, 3.63) is 83.9 Å². The van der Waals surface area contributed by atoms with Gasteiger partial charge in [-0.1, -0.05) is 48.5 Å². The van der Waals surface area contributed by atoms with Gasteiger partial charge in [-0.05, 0) is 49.6 Å². The third-order valence-electron chi connectivity index (χ3n) is 5.12. The second-order valence-corrected chi connectivity index (χ2v) is 6.84. The van der Waals surface area contributed by atoms with Crippen molar-refractivity contribution in [1.82, 2.24) is 9.88 Å². The third kappa shape index (κ3) is 3.45. The molecule has 3 nitrogen and oxygen atoms in total. The number of amides is 1. The van der Waals surface area contributed by atoms with Crippen molar-refractivity contribution in [2.45, 2.75) is 26.3 Å². The Kier molecular flexibility index (Phi) is 4.93. The monoisotopic (exact) mass is 356 g/mol. The third-order valence-corrected chi connectivity index (χ3v) is 5.12. The Balaban J connectivity index is 1.50. The number of nitrogens with one attached hydrogen (secondary N) is 1. The van der Waals surface area contributed by atoms with E-state index in [9.17, 15) is 4.79 Å². The van der Waals surface area contributed by atoms with Gasteiger partial charge in [0.05, 0.1) is 0 Å². The minimum absolute atomic E-state index is 0.00158. The van der Waals surface area contributed by atoms with E-state index in [1.807, 2.05) is 18.2 Å². The Morgan fingerprint density at radius 3 is 2.44 bits per heavy atom. The summed E-state index contributed by atoms with van der Waals surface area (Å²) in [6.45, 7) is 3.75. The molecule has 1 N–H and O–H groups in total. The highest BCUT2D eigenvalue weighted by Crippen LogP contribution is 2.29. The summed E-state index contributed by atoms with van der Waals surface area (Å²) < 4.78 is 2.30. The van der Waals surface area contributed by atoms with E-state index in [1.165, 1.54) is 22.0 Å². The van der Waals surface area contributed by atoms with Gasteiger partial charge < -0.3 is 9.88 Å². The zero-order chi connectivity index (χ0) is 18.6. The van der Waals surface area contributed by atoms with Crippen LogP contribution in [0.4, 0.5) is 0 Å². The Bertz CT molecular complexity index is 1080. The number of carbonyl (C=O) groups is 1. The molecule has 0 unspecified atom stereocenters. The van der Waals surface area contributed by atoms with E-state index in [4.69, 9.17) is 0 Å². The van der Waals surface area contributed by atoms with E-state index in [1.54, 1.807) is 0 Å². The lowest BCUT2D eigenvalue weighted by molar-refractivity contribution is 0.0953. The van der Waals surface area contributed by atoms with Gasteiger partial charge in [-0.15, -0.1) is 0 Å². The standard InChI is InChI=1S/C24H24N2O/c1-2-26-22-13-7-6-12-20(22)21-17-19(14-15-23(21)26)24(27)25-16-8-11-18-9-4-3-5-10-18/h3-7,9-10,12-15,17H,2,8,11,16H2,1H3,(H,25,27). The van der Waals surface area contributed by atoms with Gasteiger partial charge in [-0.2, -0.15) is 0 Å². The molecule has 27 heavy (non-hydrogen) atoms. The highest BCUT2D eigenvalue weighted by atomic mass is 16.1. The summed E-state index contributed by atoms with van der Waals surface area (Å²) >= 11 is 0. The molecule has 1 amide bonds. The van der Waals surface area contributed by atoms with Gasteiger partial charge >= 0.3 is 0 Å².